The number of carbonyl (C=O) groups is 2. The van der Waals surface area contributed by atoms with E-state index in [0.29, 0.717) is 42.3 Å². The quantitative estimate of drug-likeness (QED) is 0.335. The molecule has 3 aromatic rings. The van der Waals surface area contributed by atoms with Crippen molar-refractivity contribution in [1.29, 1.82) is 0 Å². The first-order valence-electron chi connectivity index (χ1n) is 12.5. The second-order valence-corrected chi connectivity index (χ2v) is 11.6. The number of nitrogens with zero attached hydrogens (tertiary/aromatic N) is 2. The van der Waals surface area contributed by atoms with Crippen LogP contribution in [0.25, 0.3) is 11.3 Å². The maximum absolute atomic E-state index is 13.2. The SMILES string of the molecule is CC(=O)NCc1ccc(/C(Nc2cccc(N(CCN(C)C)S(C)(=O)=O)c2)=C2/C(=O)Nc3ccccc32)cc1. The molecule has 4 rings (SSSR count). The van der Waals surface area contributed by atoms with Gasteiger partial charge in [-0.2, -0.15) is 0 Å². The second-order valence-electron chi connectivity index (χ2n) is 9.67. The highest BCUT2D eigenvalue weighted by atomic mass is 32.2. The molecule has 0 aliphatic carbocycles. The van der Waals surface area contributed by atoms with Crippen molar-refractivity contribution in [1.82, 2.24) is 10.2 Å². The summed E-state index contributed by atoms with van der Waals surface area (Å²) in [5.74, 6) is -0.350. The molecule has 0 saturated heterocycles. The van der Waals surface area contributed by atoms with Crippen LogP contribution in [0.4, 0.5) is 17.1 Å². The molecule has 0 unspecified atom stereocenters. The minimum Gasteiger partial charge on any atom is -0.354 e. The molecule has 0 aromatic heterocycles. The van der Waals surface area contributed by atoms with Crippen molar-refractivity contribution < 1.29 is 18.0 Å². The zero-order chi connectivity index (χ0) is 28.2. The van der Waals surface area contributed by atoms with Crippen LogP contribution in [0.2, 0.25) is 0 Å². The van der Waals surface area contributed by atoms with Crippen LogP contribution in [-0.2, 0) is 26.2 Å². The predicted octanol–water partition coefficient (Wildman–Crippen LogP) is 3.58. The number of benzene rings is 3. The van der Waals surface area contributed by atoms with Crippen LogP contribution in [0.3, 0.4) is 0 Å². The average Bonchev–Trinajstić information content (AvgIpc) is 3.21. The lowest BCUT2D eigenvalue weighted by Gasteiger charge is -2.25. The molecule has 0 radical (unpaired) electrons. The van der Waals surface area contributed by atoms with E-state index >= 15 is 0 Å². The smallest absolute Gasteiger partial charge is 0.258 e. The molecule has 39 heavy (non-hydrogen) atoms. The Labute approximate surface area is 229 Å². The molecule has 204 valence electrons. The van der Waals surface area contributed by atoms with Crippen molar-refractivity contribution in [3.63, 3.8) is 0 Å². The van der Waals surface area contributed by atoms with Crippen LogP contribution in [0, 0.1) is 0 Å². The van der Waals surface area contributed by atoms with Crippen LogP contribution in [0.1, 0.15) is 23.6 Å². The minimum absolute atomic E-state index is 0.114. The summed E-state index contributed by atoms with van der Waals surface area (Å²) in [6.07, 6.45) is 1.19. The Kier molecular flexibility index (Phi) is 8.37. The number of hydrogen-bond acceptors (Lipinski definition) is 6. The number of carbonyl (C=O) groups excluding carboxylic acids is 2. The molecular weight excluding hydrogens is 514 g/mol. The fourth-order valence-electron chi connectivity index (χ4n) is 4.32. The molecule has 0 saturated carbocycles. The summed E-state index contributed by atoms with van der Waals surface area (Å²) in [5, 5.41) is 9.12. The highest BCUT2D eigenvalue weighted by molar-refractivity contribution is 7.92. The Hall–Kier alpha value is -4.15. The van der Waals surface area contributed by atoms with E-state index in [2.05, 4.69) is 16.0 Å². The third-order valence-corrected chi connectivity index (χ3v) is 7.45. The van der Waals surface area contributed by atoms with Crippen molar-refractivity contribution in [3.05, 3.63) is 89.5 Å². The maximum Gasteiger partial charge on any atom is 0.258 e. The first-order chi connectivity index (χ1) is 18.5. The lowest BCUT2D eigenvalue weighted by molar-refractivity contribution is -0.119. The van der Waals surface area contributed by atoms with Crippen molar-refractivity contribution in [2.45, 2.75) is 13.5 Å². The molecular formula is C29H33N5O4S. The van der Waals surface area contributed by atoms with Gasteiger partial charge in [0.2, 0.25) is 15.9 Å². The lowest BCUT2D eigenvalue weighted by Crippen LogP contribution is -2.36. The minimum atomic E-state index is -3.52. The Morgan fingerprint density at radius 1 is 0.949 bits per heavy atom. The van der Waals surface area contributed by atoms with Crippen LogP contribution in [0.5, 0.6) is 0 Å². The molecule has 0 bridgehead atoms. The van der Waals surface area contributed by atoms with Gasteiger partial charge >= 0.3 is 0 Å². The number of para-hydroxylation sites is 1. The van der Waals surface area contributed by atoms with Crippen molar-refractivity contribution >= 4 is 50.2 Å². The topological polar surface area (TPSA) is 111 Å². The third kappa shape index (κ3) is 6.84. The monoisotopic (exact) mass is 547 g/mol. The van der Waals surface area contributed by atoms with Crippen LogP contribution in [-0.4, -0.2) is 58.6 Å². The number of nitrogens with one attached hydrogen (secondary N) is 3. The number of likely N-dealkylation sites (N-methyl/N-ethyl adjacent to an activating group) is 1. The zero-order valence-corrected chi connectivity index (χ0v) is 23.3. The van der Waals surface area contributed by atoms with Crippen LogP contribution < -0.4 is 20.3 Å². The predicted molar refractivity (Wildman–Crippen MR) is 157 cm³/mol. The van der Waals surface area contributed by atoms with E-state index in [1.165, 1.54) is 17.5 Å². The van der Waals surface area contributed by atoms with E-state index in [-0.39, 0.29) is 11.8 Å². The molecule has 1 aliphatic heterocycles. The molecule has 0 spiro atoms. The van der Waals surface area contributed by atoms with Gasteiger partial charge < -0.3 is 20.9 Å². The van der Waals surface area contributed by atoms with Crippen molar-refractivity contribution in [2.75, 3.05) is 48.4 Å². The molecule has 1 heterocycles. The maximum atomic E-state index is 13.2. The number of amides is 2. The van der Waals surface area contributed by atoms with Gasteiger partial charge in [-0.05, 0) is 49.5 Å². The number of hydrogen-bond donors (Lipinski definition) is 3. The summed E-state index contributed by atoms with van der Waals surface area (Å²) >= 11 is 0. The molecule has 2 amide bonds. The van der Waals surface area contributed by atoms with Gasteiger partial charge in [-0.25, -0.2) is 8.42 Å². The van der Waals surface area contributed by atoms with Gasteiger partial charge in [-0.15, -0.1) is 0 Å². The van der Waals surface area contributed by atoms with Gasteiger partial charge in [0.25, 0.3) is 5.91 Å². The second kappa shape index (κ2) is 11.7. The molecule has 1 aliphatic rings. The number of anilines is 3. The highest BCUT2D eigenvalue weighted by Crippen LogP contribution is 2.37. The summed E-state index contributed by atoms with van der Waals surface area (Å²) < 4.78 is 26.6. The zero-order valence-electron chi connectivity index (χ0n) is 22.5. The van der Waals surface area contributed by atoms with Gasteiger partial charge in [0.15, 0.2) is 0 Å². The molecule has 3 aromatic carbocycles. The summed E-state index contributed by atoms with van der Waals surface area (Å²) in [6, 6.07) is 22.2. The van der Waals surface area contributed by atoms with Crippen molar-refractivity contribution in [2.24, 2.45) is 0 Å². The molecule has 0 fully saturated rings. The summed E-state index contributed by atoms with van der Waals surface area (Å²) in [6.45, 7) is 2.72. The first kappa shape index (κ1) is 27.9. The van der Waals surface area contributed by atoms with E-state index in [0.717, 1.165) is 22.4 Å². The number of fused-ring (bicyclic) bond motifs is 1. The Morgan fingerprint density at radius 2 is 1.67 bits per heavy atom. The molecule has 10 heteroatoms. The molecule has 0 atom stereocenters. The van der Waals surface area contributed by atoms with Gasteiger partial charge in [-0.3, -0.25) is 13.9 Å². The number of rotatable bonds is 10. The first-order valence-corrected chi connectivity index (χ1v) is 14.4. The Balaban J connectivity index is 1.76. The van der Waals surface area contributed by atoms with E-state index in [4.69, 9.17) is 0 Å². The summed E-state index contributed by atoms with van der Waals surface area (Å²) in [5.41, 5.74) is 5.40. The Bertz CT molecular complexity index is 1510. The van der Waals surface area contributed by atoms with Gasteiger partial charge in [0.1, 0.15) is 0 Å². The van der Waals surface area contributed by atoms with E-state index < -0.39 is 10.0 Å². The fourth-order valence-corrected chi connectivity index (χ4v) is 5.23. The third-order valence-electron chi connectivity index (χ3n) is 6.26. The Morgan fingerprint density at radius 3 is 2.33 bits per heavy atom. The van der Waals surface area contributed by atoms with E-state index in [9.17, 15) is 18.0 Å². The normalized spacial score (nSPS) is 14.0. The van der Waals surface area contributed by atoms with Crippen molar-refractivity contribution in [3.8, 4) is 0 Å². The van der Waals surface area contributed by atoms with E-state index in [1.807, 2.05) is 73.6 Å². The van der Waals surface area contributed by atoms with Gasteiger partial charge in [0.05, 0.1) is 23.2 Å². The molecule has 9 nitrogen and oxygen atoms in total. The molecule has 3 N–H and O–H groups in total. The van der Waals surface area contributed by atoms with Gasteiger partial charge in [0, 0.05) is 43.5 Å². The summed E-state index contributed by atoms with van der Waals surface area (Å²) in [7, 11) is 0.264. The van der Waals surface area contributed by atoms with E-state index in [1.54, 1.807) is 18.2 Å². The fraction of sp³-hybridized carbons (Fsp3) is 0.241. The summed E-state index contributed by atoms with van der Waals surface area (Å²) in [4.78, 5) is 26.4. The van der Waals surface area contributed by atoms with Crippen LogP contribution in [0.15, 0.2) is 72.8 Å². The van der Waals surface area contributed by atoms with Gasteiger partial charge in [-0.1, -0.05) is 48.5 Å². The van der Waals surface area contributed by atoms with Crippen LogP contribution >= 0.6 is 0 Å². The number of sulfonamides is 1. The standard InChI is InChI=1S/C29H33N5O4S/c1-20(35)30-19-21-12-14-22(15-13-21)28(27-25-10-5-6-11-26(25)32-29(27)36)31-23-8-7-9-24(18-23)34(39(4,37)38)17-16-33(2)3/h5-15,18,31H,16-17,19H2,1-4H3,(H,30,35)(H,32,36)/b28-27-. The largest absolute Gasteiger partial charge is 0.354 e. The highest BCUT2D eigenvalue weighted by Gasteiger charge is 2.28. The average molecular weight is 548 g/mol. The lowest BCUT2D eigenvalue weighted by atomic mass is 9.99.